The van der Waals surface area contributed by atoms with Gasteiger partial charge in [0.05, 0.1) is 10.0 Å². The number of aldehydes is 1. The summed E-state index contributed by atoms with van der Waals surface area (Å²) in [6, 6.07) is 10.1. The van der Waals surface area contributed by atoms with Gasteiger partial charge in [-0.05, 0) is 24.3 Å². The maximum atomic E-state index is 12.6. The summed E-state index contributed by atoms with van der Waals surface area (Å²) >= 11 is 10.9. The quantitative estimate of drug-likeness (QED) is 0.289. The fourth-order valence-electron chi connectivity index (χ4n) is 2.01. The summed E-state index contributed by atoms with van der Waals surface area (Å²) in [5.74, 6) is -0.641. The average molecular weight is 386 g/mol. The highest BCUT2D eigenvalue weighted by Gasteiger charge is 2.05. The van der Waals surface area contributed by atoms with Crippen LogP contribution in [0.4, 0.5) is 10.1 Å². The molecule has 0 bridgehead atoms. The van der Waals surface area contributed by atoms with Crippen molar-refractivity contribution < 1.29 is 19.9 Å². The molecule has 0 radical (unpaired) electrons. The van der Waals surface area contributed by atoms with E-state index in [9.17, 15) is 9.18 Å². The van der Waals surface area contributed by atoms with Gasteiger partial charge in [0.25, 0.3) is 0 Å². The second kappa shape index (κ2) is 10.2. The lowest BCUT2D eigenvalue weighted by molar-refractivity contribution is -0.825. The lowest BCUT2D eigenvalue weighted by Gasteiger charge is -1.97. The van der Waals surface area contributed by atoms with Gasteiger partial charge in [-0.2, -0.15) is 5.48 Å². The number of fused-ring (bicyclic) bond motifs is 1. The lowest BCUT2D eigenvalue weighted by Crippen LogP contribution is -2.73. The summed E-state index contributed by atoms with van der Waals surface area (Å²) in [4.78, 5) is 10.2. The van der Waals surface area contributed by atoms with Crippen LogP contribution in [0.15, 0.2) is 42.6 Å². The monoisotopic (exact) mass is 385 g/mol. The molecule has 0 amide bonds. The second-order valence-corrected chi connectivity index (χ2v) is 5.59. The number of rotatable bonds is 2. The molecule has 3 N–H and O–H groups in total. The summed E-state index contributed by atoms with van der Waals surface area (Å²) in [7, 11) is 2.00. The number of aryl methyl sites for hydroxylation is 1. The predicted molar refractivity (Wildman–Crippen MR) is 99.4 cm³/mol. The summed E-state index contributed by atoms with van der Waals surface area (Å²) < 4.78 is 14.6. The SMILES string of the molecule is CC.Cn1ccc2cc([NH2+]O)ccc21.O=Cc1cc(F)c(Cl)cc1Cl. The van der Waals surface area contributed by atoms with Crippen molar-refractivity contribution in [3.8, 4) is 0 Å². The van der Waals surface area contributed by atoms with Crippen LogP contribution >= 0.6 is 23.2 Å². The highest BCUT2D eigenvalue weighted by Crippen LogP contribution is 2.22. The van der Waals surface area contributed by atoms with Crippen molar-refractivity contribution in [1.82, 2.24) is 4.57 Å². The van der Waals surface area contributed by atoms with Gasteiger partial charge in [-0.25, -0.2) is 9.60 Å². The van der Waals surface area contributed by atoms with E-state index in [0.717, 1.165) is 22.6 Å². The van der Waals surface area contributed by atoms with Crippen molar-refractivity contribution in [3.63, 3.8) is 0 Å². The molecule has 2 aromatic carbocycles. The largest absolute Gasteiger partial charge is 0.351 e. The molecule has 3 aromatic rings. The Morgan fingerprint density at radius 3 is 2.40 bits per heavy atom. The number of nitrogens with zero attached hydrogens (tertiary/aromatic N) is 1. The number of hydrogen-bond acceptors (Lipinski definition) is 2. The molecule has 0 atom stereocenters. The van der Waals surface area contributed by atoms with Crippen LogP contribution in [0, 0.1) is 5.82 Å². The summed E-state index contributed by atoms with van der Waals surface area (Å²) in [6.45, 7) is 4.00. The van der Waals surface area contributed by atoms with Gasteiger partial charge in [0.15, 0.2) is 12.0 Å². The Kier molecular flexibility index (Phi) is 8.58. The van der Waals surface area contributed by atoms with E-state index in [4.69, 9.17) is 28.4 Å². The van der Waals surface area contributed by atoms with Gasteiger partial charge < -0.3 is 4.57 Å². The van der Waals surface area contributed by atoms with E-state index < -0.39 is 5.82 Å². The number of halogens is 3. The molecule has 25 heavy (non-hydrogen) atoms. The van der Waals surface area contributed by atoms with E-state index in [1.807, 2.05) is 51.4 Å². The zero-order valence-corrected chi connectivity index (χ0v) is 15.6. The first-order valence-electron chi connectivity index (χ1n) is 7.58. The Morgan fingerprint density at radius 1 is 1.12 bits per heavy atom. The van der Waals surface area contributed by atoms with E-state index in [1.54, 1.807) is 0 Å². The Bertz CT molecular complexity index is 850. The molecule has 0 spiro atoms. The first kappa shape index (κ1) is 21.1. The lowest BCUT2D eigenvalue weighted by atomic mass is 10.2. The van der Waals surface area contributed by atoms with E-state index in [1.165, 1.54) is 11.6 Å². The van der Waals surface area contributed by atoms with Gasteiger partial charge in [0.2, 0.25) is 0 Å². The van der Waals surface area contributed by atoms with Crippen LogP contribution < -0.4 is 5.48 Å². The minimum Gasteiger partial charge on any atom is -0.351 e. The normalized spacial score (nSPS) is 9.72. The number of carbonyl (C=O) groups excluding carboxylic acids is 1. The number of quaternary nitrogens is 1. The molecule has 1 aromatic heterocycles. The van der Waals surface area contributed by atoms with Gasteiger partial charge in [-0.3, -0.25) is 4.79 Å². The minimum atomic E-state index is -0.641. The Labute approximate surface area is 155 Å². The van der Waals surface area contributed by atoms with Crippen molar-refractivity contribution in [1.29, 1.82) is 0 Å². The van der Waals surface area contributed by atoms with E-state index in [2.05, 4.69) is 4.57 Å². The Balaban J connectivity index is 0.000000229. The maximum absolute atomic E-state index is 12.6. The highest BCUT2D eigenvalue weighted by molar-refractivity contribution is 6.36. The topological polar surface area (TPSA) is 58.8 Å². The van der Waals surface area contributed by atoms with Gasteiger partial charge in [-0.1, -0.05) is 37.0 Å². The molecule has 4 nitrogen and oxygen atoms in total. The Hall–Kier alpha value is -1.92. The van der Waals surface area contributed by atoms with E-state index in [-0.39, 0.29) is 15.6 Å². The minimum absolute atomic E-state index is 0.0828. The molecule has 3 rings (SSSR count). The number of benzene rings is 2. The molecular formula is C18H20Cl2FN2O2+. The molecule has 0 aliphatic heterocycles. The fraction of sp³-hybridized carbons (Fsp3) is 0.167. The molecule has 134 valence electrons. The van der Waals surface area contributed by atoms with Crippen LogP contribution in [-0.2, 0) is 7.05 Å². The zero-order valence-electron chi connectivity index (χ0n) is 14.1. The molecule has 1 heterocycles. The first-order valence-corrected chi connectivity index (χ1v) is 8.34. The highest BCUT2D eigenvalue weighted by atomic mass is 35.5. The molecule has 0 saturated heterocycles. The summed E-state index contributed by atoms with van der Waals surface area (Å²) in [6.07, 6.45) is 2.48. The summed E-state index contributed by atoms with van der Waals surface area (Å²) in [5.41, 5.74) is 3.25. The third-order valence-corrected chi connectivity index (χ3v) is 3.84. The number of nitrogens with two attached hydrogens (primary N) is 1. The molecule has 0 saturated carbocycles. The molecular weight excluding hydrogens is 366 g/mol. The maximum Gasteiger partial charge on any atom is 0.162 e. The van der Waals surface area contributed by atoms with Gasteiger partial charge in [0.1, 0.15) is 5.82 Å². The van der Waals surface area contributed by atoms with Crippen LogP contribution in [0.25, 0.3) is 10.9 Å². The average Bonchev–Trinajstić information content (AvgIpc) is 3.00. The molecule has 0 aliphatic carbocycles. The van der Waals surface area contributed by atoms with Crippen molar-refractivity contribution >= 4 is 46.1 Å². The van der Waals surface area contributed by atoms with Crippen molar-refractivity contribution in [2.75, 3.05) is 0 Å². The number of aromatic nitrogens is 1. The molecule has 0 fully saturated rings. The fourth-order valence-corrected chi connectivity index (χ4v) is 2.44. The van der Waals surface area contributed by atoms with Gasteiger partial charge in [0, 0.05) is 41.8 Å². The van der Waals surface area contributed by atoms with E-state index in [0.29, 0.717) is 6.29 Å². The van der Waals surface area contributed by atoms with Gasteiger partial charge in [-0.15, -0.1) is 0 Å². The van der Waals surface area contributed by atoms with E-state index >= 15 is 0 Å². The number of carbonyl (C=O) groups is 1. The number of hydrogen-bond donors (Lipinski definition) is 2. The van der Waals surface area contributed by atoms with Gasteiger partial charge >= 0.3 is 0 Å². The van der Waals surface area contributed by atoms with Crippen LogP contribution in [0.3, 0.4) is 0 Å². The van der Waals surface area contributed by atoms with Crippen LogP contribution in [0.1, 0.15) is 24.2 Å². The van der Waals surface area contributed by atoms with Crippen LogP contribution in [0.2, 0.25) is 10.0 Å². The first-order chi connectivity index (χ1) is 12.0. The zero-order chi connectivity index (χ0) is 19.0. The smallest absolute Gasteiger partial charge is 0.162 e. The Morgan fingerprint density at radius 2 is 1.80 bits per heavy atom. The van der Waals surface area contributed by atoms with Crippen molar-refractivity contribution in [3.05, 3.63) is 64.0 Å². The molecule has 0 aliphatic rings. The van der Waals surface area contributed by atoms with Crippen LogP contribution in [0.5, 0.6) is 0 Å². The molecule has 7 heteroatoms. The standard InChI is InChI=1S/C9H10N2O.C7H3Cl2FO.C2H6/c1-11-5-4-7-6-8(10-12)2-3-9(7)11;8-5-2-6(9)7(10)1-4(5)3-11;1-2/h2-6,10,12H,1H3;1-3H;1-2H3/p+1. The summed E-state index contributed by atoms with van der Waals surface area (Å²) in [5, 5.41) is 10.0. The third kappa shape index (κ3) is 5.54. The van der Waals surface area contributed by atoms with Crippen LogP contribution in [-0.4, -0.2) is 16.1 Å². The van der Waals surface area contributed by atoms with Crippen molar-refractivity contribution in [2.24, 2.45) is 7.05 Å². The molecule has 0 unspecified atom stereocenters. The predicted octanol–water partition coefficient (Wildman–Crippen LogP) is 4.73. The second-order valence-electron chi connectivity index (χ2n) is 4.78. The third-order valence-electron chi connectivity index (χ3n) is 3.22. The van der Waals surface area contributed by atoms with Crippen molar-refractivity contribution in [2.45, 2.75) is 13.8 Å².